The lowest BCUT2D eigenvalue weighted by Gasteiger charge is -2.18. The van der Waals surface area contributed by atoms with Gasteiger partial charge in [0.1, 0.15) is 0 Å². The van der Waals surface area contributed by atoms with Crippen molar-refractivity contribution in [1.29, 1.82) is 0 Å². The van der Waals surface area contributed by atoms with Crippen molar-refractivity contribution in [2.45, 2.75) is 32.2 Å². The second-order valence-corrected chi connectivity index (χ2v) is 4.23. The lowest BCUT2D eigenvalue weighted by Crippen LogP contribution is -2.36. The Balaban J connectivity index is 1.96. The fourth-order valence-electron chi connectivity index (χ4n) is 1.57. The monoisotopic (exact) mass is 206 g/mol. The Hall–Kier alpha value is -0.220. The maximum Gasteiger partial charge on any atom is 0.251 e. The second kappa shape index (κ2) is 5.61. The van der Waals surface area contributed by atoms with Gasteiger partial charge in [-0.05, 0) is 32.7 Å². The summed E-state index contributed by atoms with van der Waals surface area (Å²) in [6.45, 7) is 3.55. The van der Waals surface area contributed by atoms with Gasteiger partial charge >= 0.3 is 0 Å². The van der Waals surface area contributed by atoms with Crippen molar-refractivity contribution in [2.24, 2.45) is 5.92 Å². The van der Waals surface area contributed by atoms with E-state index in [1.54, 1.807) is 11.9 Å². The number of hydrogen-bond donors (Lipinski definition) is 1. The molecule has 1 rings (SSSR count). The molecule has 2 nitrogen and oxygen atoms in total. The highest BCUT2D eigenvalue weighted by Crippen LogP contribution is 2.32. The van der Waals surface area contributed by atoms with Gasteiger partial charge in [-0.25, -0.2) is 8.78 Å². The van der Waals surface area contributed by atoms with Gasteiger partial charge in [0.15, 0.2) is 0 Å². The second-order valence-electron chi connectivity index (χ2n) is 4.23. The summed E-state index contributed by atoms with van der Waals surface area (Å²) in [6, 6.07) is 0.551. The molecule has 0 spiro atoms. The molecule has 0 radical (unpaired) electrons. The molecule has 1 N–H and O–H groups in total. The van der Waals surface area contributed by atoms with Gasteiger partial charge in [-0.3, -0.25) is 4.90 Å². The summed E-state index contributed by atoms with van der Waals surface area (Å²) in [5.74, 6) is 0.829. The van der Waals surface area contributed by atoms with Gasteiger partial charge in [-0.15, -0.1) is 0 Å². The van der Waals surface area contributed by atoms with Crippen molar-refractivity contribution in [3.63, 3.8) is 0 Å². The van der Waals surface area contributed by atoms with Crippen molar-refractivity contribution in [2.75, 3.05) is 26.7 Å². The van der Waals surface area contributed by atoms with E-state index >= 15 is 0 Å². The van der Waals surface area contributed by atoms with E-state index in [2.05, 4.69) is 12.2 Å². The predicted molar refractivity (Wildman–Crippen MR) is 53.7 cm³/mol. The van der Waals surface area contributed by atoms with Gasteiger partial charge in [0.25, 0.3) is 6.43 Å². The average Bonchev–Trinajstić information content (AvgIpc) is 2.84. The first-order chi connectivity index (χ1) is 6.59. The summed E-state index contributed by atoms with van der Waals surface area (Å²) in [4.78, 5) is 1.66. The van der Waals surface area contributed by atoms with Crippen LogP contribution < -0.4 is 5.32 Å². The number of halogens is 2. The maximum atomic E-state index is 11.9. The molecule has 0 saturated heterocycles. The van der Waals surface area contributed by atoms with E-state index in [0.29, 0.717) is 12.6 Å². The van der Waals surface area contributed by atoms with Crippen LogP contribution in [-0.4, -0.2) is 44.0 Å². The molecule has 1 unspecified atom stereocenters. The van der Waals surface area contributed by atoms with E-state index in [1.807, 2.05) is 0 Å². The van der Waals surface area contributed by atoms with Gasteiger partial charge in [0, 0.05) is 19.1 Å². The quantitative estimate of drug-likeness (QED) is 0.680. The highest BCUT2D eigenvalue weighted by Gasteiger charge is 2.27. The Morgan fingerprint density at radius 3 is 2.57 bits per heavy atom. The number of rotatable bonds is 7. The summed E-state index contributed by atoms with van der Waals surface area (Å²) in [5.41, 5.74) is 0. The lowest BCUT2D eigenvalue weighted by molar-refractivity contribution is 0.100. The number of likely N-dealkylation sites (N-methyl/N-ethyl adjacent to an activating group) is 1. The molecule has 0 heterocycles. The first-order valence-corrected chi connectivity index (χ1v) is 5.29. The third-order valence-electron chi connectivity index (χ3n) is 2.74. The fourth-order valence-corrected chi connectivity index (χ4v) is 1.57. The number of alkyl halides is 2. The van der Waals surface area contributed by atoms with Crippen LogP contribution in [0.1, 0.15) is 19.8 Å². The van der Waals surface area contributed by atoms with E-state index in [0.717, 1.165) is 12.5 Å². The molecule has 0 aliphatic heterocycles. The summed E-state index contributed by atoms with van der Waals surface area (Å²) in [6.07, 6.45) is 0.420. The van der Waals surface area contributed by atoms with E-state index in [9.17, 15) is 8.78 Å². The summed E-state index contributed by atoms with van der Waals surface area (Å²) in [7, 11) is 1.73. The Morgan fingerprint density at radius 2 is 2.07 bits per heavy atom. The van der Waals surface area contributed by atoms with Crippen LogP contribution in [0.3, 0.4) is 0 Å². The third kappa shape index (κ3) is 4.86. The Labute approximate surface area is 84.7 Å². The standard InChI is InChI=1S/C10H20F2N2/c1-8(9-3-4-9)13-5-6-14(2)7-10(11)12/h8-10,13H,3-7H2,1-2H3. The molecule has 84 valence electrons. The molecule has 1 aliphatic rings. The lowest BCUT2D eigenvalue weighted by atomic mass is 10.2. The summed E-state index contributed by atoms with van der Waals surface area (Å²) in [5, 5.41) is 3.36. The largest absolute Gasteiger partial charge is 0.313 e. The Kier molecular flexibility index (Phi) is 4.75. The molecule has 1 aliphatic carbocycles. The van der Waals surface area contributed by atoms with Crippen LogP contribution in [-0.2, 0) is 0 Å². The number of hydrogen-bond acceptors (Lipinski definition) is 2. The number of nitrogens with zero attached hydrogens (tertiary/aromatic N) is 1. The molecular weight excluding hydrogens is 186 g/mol. The molecular formula is C10H20F2N2. The van der Waals surface area contributed by atoms with Crippen molar-refractivity contribution < 1.29 is 8.78 Å². The van der Waals surface area contributed by atoms with Gasteiger partial charge in [-0.2, -0.15) is 0 Å². The van der Waals surface area contributed by atoms with E-state index in [1.165, 1.54) is 12.8 Å². The minimum Gasteiger partial charge on any atom is -0.313 e. The third-order valence-corrected chi connectivity index (χ3v) is 2.74. The highest BCUT2D eigenvalue weighted by atomic mass is 19.3. The molecule has 0 aromatic heterocycles. The van der Waals surface area contributed by atoms with Gasteiger partial charge in [-0.1, -0.05) is 0 Å². The first kappa shape index (κ1) is 11.9. The zero-order valence-electron chi connectivity index (χ0n) is 8.97. The van der Waals surface area contributed by atoms with E-state index < -0.39 is 6.43 Å². The molecule has 1 fully saturated rings. The minimum absolute atomic E-state index is 0.126. The van der Waals surface area contributed by atoms with Crippen LogP contribution in [0.15, 0.2) is 0 Å². The van der Waals surface area contributed by atoms with Crippen molar-refractivity contribution >= 4 is 0 Å². The molecule has 0 aromatic carbocycles. The highest BCUT2D eigenvalue weighted by molar-refractivity contribution is 4.83. The Morgan fingerprint density at radius 1 is 1.43 bits per heavy atom. The summed E-state index contributed by atoms with van der Waals surface area (Å²) < 4.78 is 23.9. The molecule has 0 bridgehead atoms. The van der Waals surface area contributed by atoms with Crippen molar-refractivity contribution in [1.82, 2.24) is 10.2 Å². The van der Waals surface area contributed by atoms with E-state index in [-0.39, 0.29) is 6.54 Å². The predicted octanol–water partition coefficient (Wildman–Crippen LogP) is 1.57. The van der Waals surface area contributed by atoms with Crippen molar-refractivity contribution in [3.8, 4) is 0 Å². The van der Waals surface area contributed by atoms with Crippen LogP contribution >= 0.6 is 0 Å². The van der Waals surface area contributed by atoms with Crippen LogP contribution in [0.25, 0.3) is 0 Å². The van der Waals surface area contributed by atoms with Crippen LogP contribution in [0, 0.1) is 5.92 Å². The zero-order valence-corrected chi connectivity index (χ0v) is 8.97. The zero-order chi connectivity index (χ0) is 10.6. The van der Waals surface area contributed by atoms with Crippen molar-refractivity contribution in [3.05, 3.63) is 0 Å². The normalized spacial score (nSPS) is 19.3. The summed E-state index contributed by atoms with van der Waals surface area (Å²) >= 11 is 0. The fraction of sp³-hybridized carbons (Fsp3) is 1.00. The maximum absolute atomic E-state index is 11.9. The van der Waals surface area contributed by atoms with Gasteiger partial charge in [0.2, 0.25) is 0 Å². The first-order valence-electron chi connectivity index (χ1n) is 5.29. The minimum atomic E-state index is -2.22. The molecule has 1 saturated carbocycles. The average molecular weight is 206 g/mol. The molecule has 0 aromatic rings. The topological polar surface area (TPSA) is 15.3 Å². The molecule has 4 heteroatoms. The van der Waals surface area contributed by atoms with Crippen LogP contribution in [0.5, 0.6) is 0 Å². The smallest absolute Gasteiger partial charge is 0.251 e. The number of nitrogens with one attached hydrogen (secondary N) is 1. The van der Waals surface area contributed by atoms with Crippen LogP contribution in [0.2, 0.25) is 0 Å². The molecule has 0 amide bonds. The van der Waals surface area contributed by atoms with Crippen LogP contribution in [0.4, 0.5) is 8.78 Å². The van der Waals surface area contributed by atoms with Gasteiger partial charge in [0.05, 0.1) is 6.54 Å². The SMILES string of the molecule is CC(NCCN(C)CC(F)F)C1CC1. The molecule has 14 heavy (non-hydrogen) atoms. The molecule has 1 atom stereocenters. The Bertz CT molecular complexity index is 160. The van der Waals surface area contributed by atoms with E-state index in [4.69, 9.17) is 0 Å². The van der Waals surface area contributed by atoms with Gasteiger partial charge < -0.3 is 5.32 Å².